The number of hydrogen-bond acceptors (Lipinski definition) is 7. The molecule has 0 amide bonds. The first-order chi connectivity index (χ1) is 16.5. The first-order valence-corrected chi connectivity index (χ1v) is 17.1. The van der Waals surface area contributed by atoms with E-state index in [1.165, 1.54) is 10.6 Å². The third-order valence-electron chi connectivity index (χ3n) is 6.53. The molecule has 1 aliphatic rings. The van der Waals surface area contributed by atoms with Crippen LogP contribution in [0, 0.1) is 18.3 Å². The van der Waals surface area contributed by atoms with Crippen LogP contribution in [-0.4, -0.2) is 70.6 Å². The van der Waals surface area contributed by atoms with Gasteiger partial charge < -0.3 is 9.30 Å². The Labute approximate surface area is 207 Å². The molecular formula is C23H33N7O3SSi. The smallest absolute Gasteiger partial charge is 0.213 e. The third kappa shape index (κ3) is 5.04. The first-order valence-electron chi connectivity index (χ1n) is 11.8. The highest BCUT2D eigenvalue weighted by atomic mass is 32.2. The maximum atomic E-state index is 12.3. The minimum atomic E-state index is -3.31. The van der Waals surface area contributed by atoms with Crippen LogP contribution in [0.4, 0.5) is 0 Å². The van der Waals surface area contributed by atoms with Crippen molar-refractivity contribution in [3.05, 3.63) is 30.5 Å². The summed E-state index contributed by atoms with van der Waals surface area (Å²) < 4.78 is 35.6. The van der Waals surface area contributed by atoms with Crippen molar-refractivity contribution in [2.75, 3.05) is 25.4 Å². The normalized spacial score (nSPS) is 16.3. The molecule has 12 heteroatoms. The van der Waals surface area contributed by atoms with Crippen molar-refractivity contribution in [2.45, 2.75) is 58.2 Å². The summed E-state index contributed by atoms with van der Waals surface area (Å²) >= 11 is 0. The molecule has 0 N–H and O–H groups in total. The molecule has 0 spiro atoms. The summed E-state index contributed by atoms with van der Waals surface area (Å²) in [6.07, 6.45) is 5.55. The lowest BCUT2D eigenvalue weighted by Gasteiger charge is -2.47. The zero-order valence-corrected chi connectivity index (χ0v) is 22.8. The molecule has 35 heavy (non-hydrogen) atoms. The summed E-state index contributed by atoms with van der Waals surface area (Å²) in [5.74, 6) is 0.0385. The predicted octanol–water partition coefficient (Wildman–Crippen LogP) is 3.19. The minimum Gasteiger partial charge on any atom is -0.361 e. The van der Waals surface area contributed by atoms with E-state index in [0.29, 0.717) is 6.73 Å². The fourth-order valence-electron chi connectivity index (χ4n) is 4.27. The van der Waals surface area contributed by atoms with Crippen LogP contribution in [0.5, 0.6) is 0 Å². The number of aromatic nitrogens is 5. The lowest BCUT2D eigenvalue weighted by atomic mass is 9.89. The van der Waals surface area contributed by atoms with Crippen LogP contribution < -0.4 is 0 Å². The molecule has 0 radical (unpaired) electrons. The molecule has 0 atom stereocenters. The van der Waals surface area contributed by atoms with Crippen LogP contribution in [0.25, 0.3) is 22.3 Å². The van der Waals surface area contributed by atoms with E-state index in [4.69, 9.17) is 9.84 Å². The van der Waals surface area contributed by atoms with E-state index in [1.54, 1.807) is 11.6 Å². The number of fused-ring (bicyclic) bond motifs is 1. The van der Waals surface area contributed by atoms with Gasteiger partial charge in [-0.2, -0.15) is 14.7 Å². The second-order valence-corrected chi connectivity index (χ2v) is 18.3. The van der Waals surface area contributed by atoms with Crippen molar-refractivity contribution in [2.24, 2.45) is 0 Å². The largest absolute Gasteiger partial charge is 0.361 e. The summed E-state index contributed by atoms with van der Waals surface area (Å²) in [5, 5.41) is 15.0. The van der Waals surface area contributed by atoms with Gasteiger partial charge in [-0.3, -0.25) is 4.68 Å². The standard InChI is InChI=1S/C23H33N7O3SSi/c1-6-34(31,32)29-14-23(15-29,8-9-24)30-13-20(18(2)27-30)21-19-7-10-28(22(19)26-16-25-21)17-33-11-12-35(3,4)5/h7,10,13,16H,6,8,11-12,14-15,17H2,1-5H3. The maximum Gasteiger partial charge on any atom is 0.213 e. The molecule has 0 saturated carbocycles. The summed E-state index contributed by atoms with van der Waals surface area (Å²) in [6.45, 7) is 12.1. The Bertz CT molecular complexity index is 1360. The van der Waals surface area contributed by atoms with Crippen LogP contribution in [0.2, 0.25) is 25.7 Å². The van der Waals surface area contributed by atoms with Gasteiger partial charge in [0.1, 0.15) is 24.2 Å². The van der Waals surface area contributed by atoms with Gasteiger partial charge in [0, 0.05) is 51.1 Å². The van der Waals surface area contributed by atoms with E-state index in [2.05, 4.69) is 35.7 Å². The van der Waals surface area contributed by atoms with Crippen molar-refractivity contribution >= 4 is 29.1 Å². The van der Waals surface area contributed by atoms with Crippen LogP contribution in [-0.2, 0) is 27.0 Å². The highest BCUT2D eigenvalue weighted by Crippen LogP contribution is 2.37. The molecular weight excluding hydrogens is 482 g/mol. The Morgan fingerprint density at radius 2 is 2.00 bits per heavy atom. The van der Waals surface area contributed by atoms with E-state index in [9.17, 15) is 13.7 Å². The van der Waals surface area contributed by atoms with E-state index in [0.717, 1.165) is 40.6 Å². The SMILES string of the molecule is CCS(=O)(=O)N1CC(CC#N)(n2cc(-c3ncnc4c3ccn4COCC[Si](C)(C)C)c(C)n2)C1. The summed E-state index contributed by atoms with van der Waals surface area (Å²) in [6, 6.07) is 5.29. The first kappa shape index (κ1) is 25.5. The number of nitrogens with zero attached hydrogens (tertiary/aromatic N) is 7. The molecule has 188 valence electrons. The van der Waals surface area contributed by atoms with E-state index in [-0.39, 0.29) is 25.3 Å². The van der Waals surface area contributed by atoms with Crippen LogP contribution in [0.15, 0.2) is 24.8 Å². The average Bonchev–Trinajstić information content (AvgIpc) is 3.36. The van der Waals surface area contributed by atoms with Crippen molar-refractivity contribution < 1.29 is 13.2 Å². The molecule has 0 aromatic carbocycles. The van der Waals surface area contributed by atoms with Gasteiger partial charge in [0.2, 0.25) is 10.0 Å². The lowest BCUT2D eigenvalue weighted by Crippen LogP contribution is -2.64. The van der Waals surface area contributed by atoms with Gasteiger partial charge in [0.25, 0.3) is 0 Å². The van der Waals surface area contributed by atoms with Gasteiger partial charge in [-0.1, -0.05) is 19.6 Å². The van der Waals surface area contributed by atoms with Gasteiger partial charge in [-0.05, 0) is 26.0 Å². The van der Waals surface area contributed by atoms with Gasteiger partial charge in [0.15, 0.2) is 0 Å². The number of ether oxygens (including phenoxy) is 1. The molecule has 3 aromatic heterocycles. The zero-order valence-electron chi connectivity index (χ0n) is 21.0. The predicted molar refractivity (Wildman–Crippen MR) is 137 cm³/mol. The number of hydrogen-bond donors (Lipinski definition) is 0. The van der Waals surface area contributed by atoms with Crippen molar-refractivity contribution in [3.8, 4) is 17.3 Å². The fraction of sp³-hybridized carbons (Fsp3) is 0.565. The maximum absolute atomic E-state index is 12.3. The molecule has 1 saturated heterocycles. The minimum absolute atomic E-state index is 0.0385. The van der Waals surface area contributed by atoms with Gasteiger partial charge in [-0.25, -0.2) is 18.4 Å². The van der Waals surface area contributed by atoms with Crippen LogP contribution >= 0.6 is 0 Å². The monoisotopic (exact) mass is 515 g/mol. The Morgan fingerprint density at radius 1 is 1.26 bits per heavy atom. The van der Waals surface area contributed by atoms with Crippen molar-refractivity contribution in [1.29, 1.82) is 5.26 Å². The van der Waals surface area contributed by atoms with Crippen LogP contribution in [0.3, 0.4) is 0 Å². The summed E-state index contributed by atoms with van der Waals surface area (Å²) in [4.78, 5) is 9.03. The molecule has 4 heterocycles. The molecule has 0 unspecified atom stereocenters. The summed E-state index contributed by atoms with van der Waals surface area (Å²) in [7, 11) is -4.46. The number of sulfonamides is 1. The molecule has 4 rings (SSSR count). The molecule has 3 aromatic rings. The lowest BCUT2D eigenvalue weighted by molar-refractivity contribution is 0.0716. The second kappa shape index (κ2) is 9.46. The molecule has 0 bridgehead atoms. The van der Waals surface area contributed by atoms with Gasteiger partial charge in [-0.15, -0.1) is 0 Å². The Kier molecular flexibility index (Phi) is 6.89. The topological polar surface area (TPSA) is 119 Å². The fourth-order valence-corrected chi connectivity index (χ4v) is 6.27. The summed E-state index contributed by atoms with van der Waals surface area (Å²) in [5.41, 5.74) is 2.46. The van der Waals surface area contributed by atoms with E-state index in [1.807, 2.05) is 30.0 Å². The molecule has 1 aliphatic heterocycles. The molecule has 10 nitrogen and oxygen atoms in total. The highest BCUT2D eigenvalue weighted by Gasteiger charge is 2.50. The number of rotatable bonds is 10. The van der Waals surface area contributed by atoms with Crippen LogP contribution in [0.1, 0.15) is 19.0 Å². The quantitative estimate of drug-likeness (QED) is 0.300. The Hall–Kier alpha value is -2.59. The third-order valence-corrected chi connectivity index (χ3v) is 10.0. The second-order valence-electron chi connectivity index (χ2n) is 10.4. The highest BCUT2D eigenvalue weighted by molar-refractivity contribution is 7.89. The molecule has 0 aliphatic carbocycles. The number of aryl methyl sites for hydroxylation is 1. The Morgan fingerprint density at radius 3 is 2.66 bits per heavy atom. The average molecular weight is 516 g/mol. The zero-order chi connectivity index (χ0) is 25.4. The Balaban J connectivity index is 1.60. The van der Waals surface area contributed by atoms with Gasteiger partial charge in [0.05, 0.1) is 29.6 Å². The van der Waals surface area contributed by atoms with E-state index < -0.39 is 23.6 Å². The van der Waals surface area contributed by atoms with Crippen molar-refractivity contribution in [3.63, 3.8) is 0 Å². The molecule has 1 fully saturated rings. The van der Waals surface area contributed by atoms with Crippen molar-refractivity contribution in [1.82, 2.24) is 28.6 Å². The number of nitriles is 1. The van der Waals surface area contributed by atoms with E-state index >= 15 is 0 Å². The van der Waals surface area contributed by atoms with Gasteiger partial charge >= 0.3 is 0 Å².